The number of rotatable bonds is 6. The largest absolute Gasteiger partial charge is 0.325 e. The van der Waals surface area contributed by atoms with E-state index >= 15 is 0 Å². The molecule has 27 heavy (non-hydrogen) atoms. The van der Waals surface area contributed by atoms with Crippen LogP contribution in [0.2, 0.25) is 0 Å². The second kappa shape index (κ2) is 9.62. The van der Waals surface area contributed by atoms with Crippen LogP contribution >= 0.6 is 0 Å². The highest BCUT2D eigenvalue weighted by Gasteiger charge is 2.21. The molecule has 1 amide bonds. The maximum Gasteiger partial charge on any atom is 0.238 e. The lowest BCUT2D eigenvalue weighted by molar-refractivity contribution is -0.117. The van der Waals surface area contributed by atoms with E-state index in [-0.39, 0.29) is 11.7 Å². The minimum absolute atomic E-state index is 0.0438. The van der Waals surface area contributed by atoms with Crippen molar-refractivity contribution in [2.45, 2.75) is 31.8 Å². The predicted molar refractivity (Wildman–Crippen MR) is 107 cm³/mol. The van der Waals surface area contributed by atoms with Crippen molar-refractivity contribution in [3.05, 3.63) is 66.0 Å². The van der Waals surface area contributed by atoms with Crippen molar-refractivity contribution in [2.75, 3.05) is 32.0 Å². The van der Waals surface area contributed by atoms with Gasteiger partial charge in [-0.25, -0.2) is 4.39 Å². The molecule has 3 rings (SSSR count). The lowest BCUT2D eigenvalue weighted by Crippen LogP contribution is -2.35. The number of carbonyl (C=O) groups is 1. The van der Waals surface area contributed by atoms with Gasteiger partial charge < -0.3 is 5.32 Å². The average Bonchev–Trinajstić information content (AvgIpc) is 2.90. The van der Waals surface area contributed by atoms with E-state index in [1.54, 1.807) is 12.1 Å². The highest BCUT2D eigenvalue weighted by atomic mass is 19.1. The van der Waals surface area contributed by atoms with Gasteiger partial charge in [-0.1, -0.05) is 30.3 Å². The summed E-state index contributed by atoms with van der Waals surface area (Å²) >= 11 is 0. The lowest BCUT2D eigenvalue weighted by atomic mass is 10.1. The molecule has 4 nitrogen and oxygen atoms in total. The molecular formula is C22H28FN3O. The number of anilines is 1. The van der Waals surface area contributed by atoms with Crippen LogP contribution in [0.4, 0.5) is 10.1 Å². The van der Waals surface area contributed by atoms with Crippen LogP contribution in [-0.2, 0) is 11.3 Å². The van der Waals surface area contributed by atoms with Crippen LogP contribution in [-0.4, -0.2) is 48.4 Å². The summed E-state index contributed by atoms with van der Waals surface area (Å²) in [7, 11) is 2.19. The highest BCUT2D eigenvalue weighted by molar-refractivity contribution is 5.92. The first kappa shape index (κ1) is 19.5. The van der Waals surface area contributed by atoms with Gasteiger partial charge in [-0.15, -0.1) is 0 Å². The summed E-state index contributed by atoms with van der Waals surface area (Å²) in [5.41, 5.74) is 1.97. The molecule has 0 spiro atoms. The van der Waals surface area contributed by atoms with Gasteiger partial charge in [0.2, 0.25) is 5.91 Å². The first-order valence-corrected chi connectivity index (χ1v) is 9.62. The molecule has 0 unspecified atom stereocenters. The molecular weight excluding hydrogens is 341 g/mol. The summed E-state index contributed by atoms with van der Waals surface area (Å²) in [5, 5.41) is 2.85. The van der Waals surface area contributed by atoms with Crippen molar-refractivity contribution < 1.29 is 9.18 Å². The fourth-order valence-corrected chi connectivity index (χ4v) is 3.67. The van der Waals surface area contributed by atoms with E-state index in [1.807, 2.05) is 6.07 Å². The predicted octanol–water partition coefficient (Wildman–Crippen LogP) is 3.75. The quantitative estimate of drug-likeness (QED) is 0.842. The Kier molecular flexibility index (Phi) is 6.96. The summed E-state index contributed by atoms with van der Waals surface area (Å²) in [6.07, 6.45) is 3.31. The van der Waals surface area contributed by atoms with E-state index in [4.69, 9.17) is 0 Å². The summed E-state index contributed by atoms with van der Waals surface area (Å²) in [4.78, 5) is 16.9. The summed E-state index contributed by atoms with van der Waals surface area (Å²) < 4.78 is 13.0. The Morgan fingerprint density at radius 2 is 1.85 bits per heavy atom. The van der Waals surface area contributed by atoms with E-state index in [9.17, 15) is 9.18 Å². The Morgan fingerprint density at radius 1 is 1.11 bits per heavy atom. The number of nitrogens with one attached hydrogen (secondary N) is 1. The zero-order valence-electron chi connectivity index (χ0n) is 15.9. The van der Waals surface area contributed by atoms with Gasteiger partial charge in [0.05, 0.1) is 6.54 Å². The third-order valence-corrected chi connectivity index (χ3v) is 5.18. The van der Waals surface area contributed by atoms with Crippen LogP contribution in [0.5, 0.6) is 0 Å². The lowest BCUT2D eigenvalue weighted by Gasteiger charge is -2.27. The van der Waals surface area contributed by atoms with Gasteiger partial charge in [-0.3, -0.25) is 14.6 Å². The minimum Gasteiger partial charge on any atom is -0.325 e. The molecule has 1 saturated heterocycles. The molecule has 5 heteroatoms. The molecule has 2 aromatic rings. The van der Waals surface area contributed by atoms with Crippen molar-refractivity contribution in [3.8, 4) is 0 Å². The standard InChI is InChI=1S/C22H28FN3O/c1-25(16-18-6-3-2-4-7-18)21-8-5-14-26(15-13-21)17-22(27)24-20-11-9-19(23)10-12-20/h2-4,6-7,9-12,21H,5,8,13-17H2,1H3,(H,24,27)/t21-/m0/s1. The molecule has 1 heterocycles. The van der Waals surface area contributed by atoms with Crippen molar-refractivity contribution in [3.63, 3.8) is 0 Å². The second-order valence-electron chi connectivity index (χ2n) is 7.32. The van der Waals surface area contributed by atoms with E-state index in [0.717, 1.165) is 38.9 Å². The molecule has 144 valence electrons. The number of halogens is 1. The van der Waals surface area contributed by atoms with Gasteiger partial charge in [0.15, 0.2) is 0 Å². The fourth-order valence-electron chi connectivity index (χ4n) is 3.67. The number of nitrogens with zero attached hydrogens (tertiary/aromatic N) is 2. The first-order chi connectivity index (χ1) is 13.1. The number of amides is 1. The van der Waals surface area contributed by atoms with Crippen molar-refractivity contribution in [2.24, 2.45) is 0 Å². The van der Waals surface area contributed by atoms with E-state index in [0.29, 0.717) is 18.3 Å². The fraction of sp³-hybridized carbons (Fsp3) is 0.409. The topological polar surface area (TPSA) is 35.6 Å². The zero-order valence-corrected chi connectivity index (χ0v) is 15.9. The van der Waals surface area contributed by atoms with E-state index in [2.05, 4.69) is 46.4 Å². The monoisotopic (exact) mass is 369 g/mol. The Bertz CT molecular complexity index is 720. The summed E-state index contributed by atoms with van der Waals surface area (Å²) in [6.45, 7) is 3.19. The third-order valence-electron chi connectivity index (χ3n) is 5.18. The van der Waals surface area contributed by atoms with Gasteiger partial charge in [0.25, 0.3) is 0 Å². The summed E-state index contributed by atoms with van der Waals surface area (Å²) in [5.74, 6) is -0.344. The van der Waals surface area contributed by atoms with Crippen molar-refractivity contribution >= 4 is 11.6 Å². The molecule has 0 radical (unpaired) electrons. The van der Waals surface area contributed by atoms with Crippen LogP contribution in [0, 0.1) is 5.82 Å². The second-order valence-corrected chi connectivity index (χ2v) is 7.32. The third kappa shape index (κ3) is 6.15. The number of hydrogen-bond donors (Lipinski definition) is 1. The smallest absolute Gasteiger partial charge is 0.238 e. The van der Waals surface area contributed by atoms with Crippen LogP contribution in [0.1, 0.15) is 24.8 Å². The van der Waals surface area contributed by atoms with Crippen molar-refractivity contribution in [1.29, 1.82) is 0 Å². The molecule has 1 atom stereocenters. The normalized spacial score (nSPS) is 18.3. The minimum atomic E-state index is -0.300. The number of benzene rings is 2. The molecule has 0 aliphatic carbocycles. The molecule has 0 aromatic heterocycles. The molecule has 2 aromatic carbocycles. The average molecular weight is 369 g/mol. The zero-order chi connectivity index (χ0) is 19.1. The number of carbonyl (C=O) groups excluding carboxylic acids is 1. The van der Waals surface area contributed by atoms with Crippen LogP contribution in [0.15, 0.2) is 54.6 Å². The van der Waals surface area contributed by atoms with Crippen molar-refractivity contribution in [1.82, 2.24) is 9.80 Å². The molecule has 0 bridgehead atoms. The van der Waals surface area contributed by atoms with Crippen LogP contribution in [0.25, 0.3) is 0 Å². The molecule has 1 N–H and O–H groups in total. The molecule has 1 aliphatic heterocycles. The Labute approximate surface area is 161 Å². The first-order valence-electron chi connectivity index (χ1n) is 9.62. The Morgan fingerprint density at radius 3 is 2.59 bits per heavy atom. The van der Waals surface area contributed by atoms with E-state index < -0.39 is 0 Å². The Hall–Kier alpha value is -2.24. The van der Waals surface area contributed by atoms with Gasteiger partial charge in [0, 0.05) is 24.8 Å². The van der Waals surface area contributed by atoms with E-state index in [1.165, 1.54) is 17.7 Å². The van der Waals surface area contributed by atoms with Gasteiger partial charge in [-0.05, 0) is 62.7 Å². The number of likely N-dealkylation sites (tertiary alicyclic amines) is 1. The molecule has 1 aliphatic rings. The maximum absolute atomic E-state index is 13.0. The van der Waals surface area contributed by atoms with Gasteiger partial charge in [0.1, 0.15) is 5.82 Å². The Balaban J connectivity index is 1.46. The van der Waals surface area contributed by atoms with Gasteiger partial charge in [-0.2, -0.15) is 0 Å². The van der Waals surface area contributed by atoms with Crippen LogP contribution in [0.3, 0.4) is 0 Å². The summed E-state index contributed by atoms with van der Waals surface area (Å²) in [6, 6.07) is 17.0. The highest BCUT2D eigenvalue weighted by Crippen LogP contribution is 2.18. The SMILES string of the molecule is CN(Cc1ccccc1)[C@H]1CCCN(CC(=O)Nc2ccc(F)cc2)CC1. The van der Waals surface area contributed by atoms with Gasteiger partial charge >= 0.3 is 0 Å². The molecule has 1 fully saturated rings. The maximum atomic E-state index is 13.0. The number of hydrogen-bond acceptors (Lipinski definition) is 3. The van der Waals surface area contributed by atoms with Crippen LogP contribution < -0.4 is 5.32 Å². The molecule has 0 saturated carbocycles.